The average Bonchev–Trinajstić information content (AvgIpc) is 2.93. The molecule has 0 unspecified atom stereocenters. The van der Waals surface area contributed by atoms with Crippen molar-refractivity contribution in [1.29, 1.82) is 0 Å². The molecule has 0 radical (unpaired) electrons. The molecule has 110 valence electrons. The number of aryl methyl sites for hydroxylation is 1. The van der Waals surface area contributed by atoms with Crippen molar-refractivity contribution in [1.82, 2.24) is 9.88 Å². The molecule has 20 heavy (non-hydrogen) atoms. The number of carboxylic acid groups (broad SMARTS) is 1. The zero-order chi connectivity index (χ0) is 14.5. The highest BCUT2D eigenvalue weighted by Crippen LogP contribution is 2.28. The van der Waals surface area contributed by atoms with Crippen molar-refractivity contribution < 1.29 is 14.7 Å². The lowest BCUT2D eigenvalue weighted by atomic mass is 9.82. The van der Waals surface area contributed by atoms with Crippen LogP contribution in [0.25, 0.3) is 0 Å². The van der Waals surface area contributed by atoms with E-state index in [0.717, 1.165) is 32.2 Å². The van der Waals surface area contributed by atoms with E-state index in [2.05, 4.69) is 5.32 Å². The van der Waals surface area contributed by atoms with Crippen LogP contribution in [0.5, 0.6) is 0 Å². The number of carbonyl (C=O) groups is 2. The molecule has 1 aliphatic carbocycles. The van der Waals surface area contributed by atoms with E-state index >= 15 is 0 Å². The monoisotopic (exact) mass is 278 g/mol. The first-order valence-electron chi connectivity index (χ1n) is 7.28. The fourth-order valence-corrected chi connectivity index (χ4v) is 2.84. The summed E-state index contributed by atoms with van der Waals surface area (Å²) in [4.78, 5) is 23.0. The lowest BCUT2D eigenvalue weighted by Crippen LogP contribution is -2.33. The van der Waals surface area contributed by atoms with E-state index < -0.39 is 5.97 Å². The van der Waals surface area contributed by atoms with Gasteiger partial charge in [0.1, 0.15) is 5.69 Å². The number of nitrogens with one attached hydrogen (secondary N) is 1. The number of hydrogen-bond acceptors (Lipinski definition) is 2. The quantitative estimate of drug-likeness (QED) is 0.866. The number of carbonyl (C=O) groups excluding carboxylic acids is 1. The van der Waals surface area contributed by atoms with E-state index in [0.29, 0.717) is 18.2 Å². The van der Waals surface area contributed by atoms with Crippen LogP contribution in [-0.2, 0) is 11.3 Å². The van der Waals surface area contributed by atoms with Gasteiger partial charge in [-0.05, 0) is 50.7 Å². The lowest BCUT2D eigenvalue weighted by Gasteiger charge is -2.26. The van der Waals surface area contributed by atoms with Crippen LogP contribution in [0.1, 0.15) is 43.1 Å². The molecular formula is C15H22N2O3. The number of hydrogen-bond donors (Lipinski definition) is 2. The fraction of sp³-hybridized carbons (Fsp3) is 0.600. The first-order valence-corrected chi connectivity index (χ1v) is 7.28. The summed E-state index contributed by atoms with van der Waals surface area (Å²) in [6, 6.07) is 3.69. The third-order valence-electron chi connectivity index (χ3n) is 4.15. The van der Waals surface area contributed by atoms with Gasteiger partial charge in [-0.15, -0.1) is 0 Å². The molecule has 0 atom stereocenters. The molecule has 1 aromatic rings. The summed E-state index contributed by atoms with van der Waals surface area (Å²) in [7, 11) is 0. The summed E-state index contributed by atoms with van der Waals surface area (Å²) in [5, 5.41) is 11.9. The van der Waals surface area contributed by atoms with Gasteiger partial charge in [0.15, 0.2) is 0 Å². The standard InChI is InChI=1S/C15H22N2O3/c1-2-17-9-3-4-13(17)14(18)16-10-11-5-7-12(8-6-11)15(19)20/h3-4,9,11-12H,2,5-8,10H2,1H3,(H,16,18)(H,19,20). The van der Waals surface area contributed by atoms with Crippen LogP contribution in [0.15, 0.2) is 18.3 Å². The molecule has 1 aromatic heterocycles. The molecule has 1 fully saturated rings. The molecule has 1 amide bonds. The third kappa shape index (κ3) is 3.40. The summed E-state index contributed by atoms with van der Waals surface area (Å²) >= 11 is 0. The zero-order valence-electron chi connectivity index (χ0n) is 11.8. The predicted octanol–water partition coefficient (Wildman–Crippen LogP) is 2.13. The number of rotatable bonds is 5. The Balaban J connectivity index is 1.79. The van der Waals surface area contributed by atoms with Gasteiger partial charge in [-0.3, -0.25) is 9.59 Å². The van der Waals surface area contributed by atoms with Crippen LogP contribution in [-0.4, -0.2) is 28.1 Å². The number of aromatic nitrogens is 1. The molecule has 0 saturated heterocycles. The van der Waals surface area contributed by atoms with Gasteiger partial charge < -0.3 is 15.0 Å². The van der Waals surface area contributed by atoms with Crippen LogP contribution in [0.4, 0.5) is 0 Å². The Morgan fingerprint density at radius 2 is 2.05 bits per heavy atom. The maximum Gasteiger partial charge on any atom is 0.306 e. The molecular weight excluding hydrogens is 256 g/mol. The number of aliphatic carboxylic acids is 1. The van der Waals surface area contributed by atoms with Crippen LogP contribution in [0, 0.1) is 11.8 Å². The van der Waals surface area contributed by atoms with Gasteiger partial charge in [0.25, 0.3) is 5.91 Å². The van der Waals surface area contributed by atoms with Gasteiger partial charge in [0, 0.05) is 19.3 Å². The van der Waals surface area contributed by atoms with Crippen LogP contribution in [0.2, 0.25) is 0 Å². The van der Waals surface area contributed by atoms with Crippen LogP contribution < -0.4 is 5.32 Å². The smallest absolute Gasteiger partial charge is 0.306 e. The van der Waals surface area contributed by atoms with Crippen LogP contribution in [0.3, 0.4) is 0 Å². The van der Waals surface area contributed by atoms with Crippen molar-refractivity contribution in [3.8, 4) is 0 Å². The minimum atomic E-state index is -0.687. The number of carboxylic acids is 1. The maximum atomic E-state index is 12.1. The summed E-state index contributed by atoms with van der Waals surface area (Å²) in [6.45, 7) is 3.42. The predicted molar refractivity (Wildman–Crippen MR) is 75.5 cm³/mol. The molecule has 1 heterocycles. The fourth-order valence-electron chi connectivity index (χ4n) is 2.84. The third-order valence-corrected chi connectivity index (χ3v) is 4.15. The van der Waals surface area contributed by atoms with Crippen molar-refractivity contribution in [2.75, 3.05) is 6.54 Å². The molecule has 5 heteroatoms. The summed E-state index contributed by atoms with van der Waals surface area (Å²) in [6.07, 6.45) is 5.10. The molecule has 2 N–H and O–H groups in total. The normalized spacial score (nSPS) is 22.4. The Morgan fingerprint density at radius 1 is 1.35 bits per heavy atom. The van der Waals surface area contributed by atoms with E-state index in [9.17, 15) is 9.59 Å². The molecule has 0 bridgehead atoms. The molecule has 0 aliphatic heterocycles. The number of nitrogens with zero attached hydrogens (tertiary/aromatic N) is 1. The van der Waals surface area contributed by atoms with Crippen LogP contribution >= 0.6 is 0 Å². The summed E-state index contributed by atoms with van der Waals surface area (Å²) in [5.74, 6) is -0.524. The Hall–Kier alpha value is -1.78. The van der Waals surface area contributed by atoms with E-state index in [-0.39, 0.29) is 11.8 Å². The molecule has 5 nitrogen and oxygen atoms in total. The Kier molecular flexibility index (Phi) is 4.82. The molecule has 0 aromatic carbocycles. The zero-order valence-corrected chi connectivity index (χ0v) is 11.8. The first kappa shape index (κ1) is 14.6. The van der Waals surface area contributed by atoms with Gasteiger partial charge >= 0.3 is 5.97 Å². The Morgan fingerprint density at radius 3 is 2.65 bits per heavy atom. The Bertz CT molecular complexity index is 473. The second kappa shape index (κ2) is 6.59. The van der Waals surface area contributed by atoms with Gasteiger partial charge in [0.05, 0.1) is 5.92 Å². The van der Waals surface area contributed by atoms with Crippen molar-refractivity contribution >= 4 is 11.9 Å². The van der Waals surface area contributed by atoms with Crippen molar-refractivity contribution in [3.63, 3.8) is 0 Å². The molecule has 1 aliphatic rings. The lowest BCUT2D eigenvalue weighted by molar-refractivity contribution is -0.143. The summed E-state index contributed by atoms with van der Waals surface area (Å²) in [5.41, 5.74) is 0.687. The highest BCUT2D eigenvalue weighted by Gasteiger charge is 2.26. The molecule has 1 saturated carbocycles. The minimum Gasteiger partial charge on any atom is -0.481 e. The topological polar surface area (TPSA) is 71.3 Å². The average molecular weight is 278 g/mol. The molecule has 2 rings (SSSR count). The first-order chi connectivity index (χ1) is 9.61. The SMILES string of the molecule is CCn1cccc1C(=O)NCC1CCC(C(=O)O)CC1. The maximum absolute atomic E-state index is 12.1. The van der Waals surface area contributed by atoms with Crippen molar-refractivity contribution in [3.05, 3.63) is 24.0 Å². The Labute approximate surface area is 119 Å². The highest BCUT2D eigenvalue weighted by atomic mass is 16.4. The minimum absolute atomic E-state index is 0.0443. The van der Waals surface area contributed by atoms with Gasteiger partial charge in [-0.25, -0.2) is 0 Å². The van der Waals surface area contributed by atoms with Gasteiger partial charge in [-0.2, -0.15) is 0 Å². The highest BCUT2D eigenvalue weighted by molar-refractivity contribution is 5.92. The van der Waals surface area contributed by atoms with E-state index in [1.165, 1.54) is 0 Å². The second-order valence-electron chi connectivity index (χ2n) is 5.45. The van der Waals surface area contributed by atoms with E-state index in [4.69, 9.17) is 5.11 Å². The summed E-state index contributed by atoms with van der Waals surface area (Å²) < 4.78 is 1.91. The van der Waals surface area contributed by atoms with E-state index in [1.807, 2.05) is 29.8 Å². The van der Waals surface area contributed by atoms with Gasteiger partial charge in [-0.1, -0.05) is 0 Å². The van der Waals surface area contributed by atoms with Crippen molar-refractivity contribution in [2.24, 2.45) is 11.8 Å². The largest absolute Gasteiger partial charge is 0.481 e. The number of amides is 1. The van der Waals surface area contributed by atoms with Gasteiger partial charge in [0.2, 0.25) is 0 Å². The van der Waals surface area contributed by atoms with E-state index in [1.54, 1.807) is 0 Å². The van der Waals surface area contributed by atoms with Crippen molar-refractivity contribution in [2.45, 2.75) is 39.2 Å². The molecule has 0 spiro atoms. The second-order valence-corrected chi connectivity index (χ2v) is 5.45.